The molecule has 96 valence electrons. The predicted molar refractivity (Wildman–Crippen MR) is 73.1 cm³/mol. The molecule has 0 spiro atoms. The highest BCUT2D eigenvalue weighted by atomic mass is 32.2. The normalized spacial score (nSPS) is 14.9. The summed E-state index contributed by atoms with van der Waals surface area (Å²) in [5.41, 5.74) is 0.602. The topological polar surface area (TPSA) is 29.5 Å². The summed E-state index contributed by atoms with van der Waals surface area (Å²) in [7, 11) is 0. The number of aliphatic hydroxyl groups is 1. The van der Waals surface area contributed by atoms with Crippen LogP contribution < -0.4 is 0 Å². The Morgan fingerprint density at radius 1 is 1.29 bits per heavy atom. The van der Waals surface area contributed by atoms with Crippen molar-refractivity contribution in [3.05, 3.63) is 29.8 Å². The van der Waals surface area contributed by atoms with E-state index in [0.717, 1.165) is 4.90 Å². The van der Waals surface area contributed by atoms with E-state index in [0.29, 0.717) is 13.0 Å². The van der Waals surface area contributed by atoms with Gasteiger partial charge in [0, 0.05) is 23.4 Å². The van der Waals surface area contributed by atoms with Crippen LogP contribution in [0.25, 0.3) is 0 Å². The fourth-order valence-corrected chi connectivity index (χ4v) is 1.79. The molecular formula is C14H22O2S. The molecule has 0 aliphatic heterocycles. The van der Waals surface area contributed by atoms with Crippen molar-refractivity contribution in [2.24, 2.45) is 5.92 Å². The summed E-state index contributed by atoms with van der Waals surface area (Å²) in [4.78, 5) is 1.10. The molecule has 1 aromatic carbocycles. The maximum atomic E-state index is 10.0. The van der Waals surface area contributed by atoms with Crippen LogP contribution in [0.4, 0.5) is 0 Å². The van der Waals surface area contributed by atoms with Gasteiger partial charge in [0.2, 0.25) is 0 Å². The van der Waals surface area contributed by atoms with Crippen LogP contribution in [0, 0.1) is 12.8 Å². The fourth-order valence-electron chi connectivity index (χ4n) is 1.24. The number of benzene rings is 1. The first kappa shape index (κ1) is 14.6. The molecule has 0 radical (unpaired) electrons. The molecular weight excluding hydrogens is 232 g/mol. The van der Waals surface area contributed by atoms with E-state index in [4.69, 9.17) is 4.18 Å². The average Bonchev–Trinajstić information content (AvgIpc) is 2.26. The molecule has 17 heavy (non-hydrogen) atoms. The third kappa shape index (κ3) is 5.11. The molecule has 0 aromatic heterocycles. The van der Waals surface area contributed by atoms with E-state index in [1.165, 1.54) is 17.6 Å². The minimum Gasteiger partial charge on any atom is -0.390 e. The second-order valence-corrected chi connectivity index (χ2v) is 5.85. The highest BCUT2D eigenvalue weighted by Crippen LogP contribution is 2.23. The predicted octanol–water partition coefficient (Wildman–Crippen LogP) is 3.82. The van der Waals surface area contributed by atoms with Crippen LogP contribution in [0.3, 0.4) is 0 Å². The molecule has 2 nitrogen and oxygen atoms in total. The van der Waals surface area contributed by atoms with Gasteiger partial charge in [0.1, 0.15) is 0 Å². The number of aryl methyl sites for hydroxylation is 1. The maximum absolute atomic E-state index is 10.0. The fraction of sp³-hybridized carbons (Fsp3) is 0.571. The molecule has 0 heterocycles. The molecule has 3 heteroatoms. The van der Waals surface area contributed by atoms with Crippen LogP contribution in [-0.2, 0) is 4.18 Å². The third-order valence-corrected chi connectivity index (χ3v) is 3.86. The first-order chi connectivity index (χ1) is 7.92. The van der Waals surface area contributed by atoms with Crippen molar-refractivity contribution in [3.8, 4) is 0 Å². The van der Waals surface area contributed by atoms with Crippen LogP contribution in [0.2, 0.25) is 0 Å². The van der Waals surface area contributed by atoms with Crippen molar-refractivity contribution in [2.45, 2.75) is 44.6 Å². The Labute approximate surface area is 109 Å². The third-order valence-electron chi connectivity index (χ3n) is 3.11. The van der Waals surface area contributed by atoms with Crippen molar-refractivity contribution in [1.29, 1.82) is 0 Å². The van der Waals surface area contributed by atoms with E-state index in [-0.39, 0.29) is 5.92 Å². The lowest BCUT2D eigenvalue weighted by Gasteiger charge is -2.27. The zero-order chi connectivity index (χ0) is 12.9. The van der Waals surface area contributed by atoms with Gasteiger partial charge in [-0.1, -0.05) is 31.5 Å². The van der Waals surface area contributed by atoms with Gasteiger partial charge in [-0.15, -0.1) is 0 Å². The van der Waals surface area contributed by atoms with Gasteiger partial charge in [0.05, 0.1) is 12.2 Å². The van der Waals surface area contributed by atoms with Crippen LogP contribution in [0.1, 0.15) is 32.8 Å². The van der Waals surface area contributed by atoms with E-state index in [2.05, 4.69) is 19.1 Å². The van der Waals surface area contributed by atoms with Crippen molar-refractivity contribution >= 4 is 12.0 Å². The zero-order valence-corrected chi connectivity index (χ0v) is 11.9. The van der Waals surface area contributed by atoms with Crippen LogP contribution in [0.5, 0.6) is 0 Å². The standard InChI is InChI=1S/C14H22O2S/c1-11(2)14(4,15)9-10-16-17-13-7-5-12(3)6-8-13/h5-8,11,15H,9-10H2,1-4H3. The molecule has 0 fully saturated rings. The van der Waals surface area contributed by atoms with Gasteiger partial charge < -0.3 is 9.29 Å². The summed E-state index contributed by atoms with van der Waals surface area (Å²) in [6, 6.07) is 8.22. The molecule has 1 unspecified atom stereocenters. The Morgan fingerprint density at radius 2 is 1.88 bits per heavy atom. The van der Waals surface area contributed by atoms with Crippen LogP contribution in [0.15, 0.2) is 29.2 Å². The Bertz CT molecular complexity index is 331. The molecule has 1 rings (SSSR count). The minimum absolute atomic E-state index is 0.246. The second-order valence-electron chi connectivity index (χ2n) is 4.98. The van der Waals surface area contributed by atoms with E-state index >= 15 is 0 Å². The van der Waals surface area contributed by atoms with Crippen LogP contribution >= 0.6 is 12.0 Å². The number of hydrogen-bond donors (Lipinski definition) is 1. The first-order valence-corrected chi connectivity index (χ1v) is 6.74. The summed E-state index contributed by atoms with van der Waals surface area (Å²) in [5.74, 6) is 0.246. The monoisotopic (exact) mass is 254 g/mol. The summed E-state index contributed by atoms with van der Waals surface area (Å²) >= 11 is 1.37. The summed E-state index contributed by atoms with van der Waals surface area (Å²) in [6.45, 7) is 8.52. The van der Waals surface area contributed by atoms with Gasteiger partial charge >= 0.3 is 0 Å². The van der Waals surface area contributed by atoms with Crippen molar-refractivity contribution in [1.82, 2.24) is 0 Å². The van der Waals surface area contributed by atoms with E-state index < -0.39 is 5.60 Å². The first-order valence-electron chi connectivity index (χ1n) is 6.00. The second kappa shape index (κ2) is 6.43. The van der Waals surface area contributed by atoms with E-state index in [1.807, 2.05) is 32.9 Å². The van der Waals surface area contributed by atoms with Gasteiger partial charge in [0.15, 0.2) is 0 Å². The Balaban J connectivity index is 2.27. The van der Waals surface area contributed by atoms with E-state index in [9.17, 15) is 5.11 Å². The number of hydrogen-bond acceptors (Lipinski definition) is 3. The molecule has 0 bridgehead atoms. The zero-order valence-electron chi connectivity index (χ0n) is 11.1. The summed E-state index contributed by atoms with van der Waals surface area (Å²) < 4.78 is 5.50. The minimum atomic E-state index is -0.645. The lowest BCUT2D eigenvalue weighted by atomic mass is 9.90. The molecule has 1 aromatic rings. The smallest absolute Gasteiger partial charge is 0.0664 e. The Hall–Kier alpha value is -0.510. The SMILES string of the molecule is Cc1ccc(SOCCC(C)(O)C(C)C)cc1. The molecule has 0 saturated heterocycles. The van der Waals surface area contributed by atoms with Crippen LogP contribution in [-0.4, -0.2) is 17.3 Å². The van der Waals surface area contributed by atoms with Crippen molar-refractivity contribution in [2.75, 3.05) is 6.61 Å². The van der Waals surface area contributed by atoms with Gasteiger partial charge in [-0.2, -0.15) is 0 Å². The quantitative estimate of drug-likeness (QED) is 0.618. The van der Waals surface area contributed by atoms with Crippen molar-refractivity contribution < 1.29 is 9.29 Å². The highest BCUT2D eigenvalue weighted by Gasteiger charge is 2.24. The average molecular weight is 254 g/mol. The van der Waals surface area contributed by atoms with Gasteiger partial charge in [-0.3, -0.25) is 0 Å². The molecule has 1 atom stereocenters. The lowest BCUT2D eigenvalue weighted by molar-refractivity contribution is -0.00351. The molecule has 0 aliphatic carbocycles. The van der Waals surface area contributed by atoms with Crippen molar-refractivity contribution in [3.63, 3.8) is 0 Å². The molecule has 0 saturated carbocycles. The van der Waals surface area contributed by atoms with Gasteiger partial charge in [-0.25, -0.2) is 0 Å². The Kier molecular flexibility index (Phi) is 5.50. The van der Waals surface area contributed by atoms with Gasteiger partial charge in [-0.05, 0) is 31.9 Å². The Morgan fingerprint density at radius 3 is 2.41 bits per heavy atom. The molecule has 0 amide bonds. The lowest BCUT2D eigenvalue weighted by Crippen LogP contribution is -2.32. The summed E-state index contributed by atoms with van der Waals surface area (Å²) in [5, 5.41) is 10.0. The molecule has 1 N–H and O–H groups in total. The number of rotatable bonds is 6. The van der Waals surface area contributed by atoms with Gasteiger partial charge in [0.25, 0.3) is 0 Å². The largest absolute Gasteiger partial charge is 0.390 e. The highest BCUT2D eigenvalue weighted by molar-refractivity contribution is 7.94. The summed E-state index contributed by atoms with van der Waals surface area (Å²) in [6.07, 6.45) is 0.656. The molecule has 0 aliphatic rings. The maximum Gasteiger partial charge on any atom is 0.0664 e. The van der Waals surface area contributed by atoms with E-state index in [1.54, 1.807) is 0 Å².